The molecule has 0 saturated carbocycles. The van der Waals surface area contributed by atoms with Gasteiger partial charge in [-0.15, -0.1) is 0 Å². The molecular weight excluding hydrogens is 256 g/mol. The number of aromatic amines is 1. The normalized spacial score (nSPS) is 21.4. The number of carbonyl (C=O) groups is 1. The number of nitrogens with zero attached hydrogens (tertiary/aromatic N) is 3. The average Bonchev–Trinajstić information content (AvgIpc) is 2.78. The standard InChI is InChI=1S/C14H20N4O2/c1-8(2)18(6-5-15)14(19)13-11-7-9(3)20-10(4)12(11)16-17-13/h8-10H,6-7H2,1-4H3,(H,16,17)/t9-,10+/m0/s1. The van der Waals surface area contributed by atoms with E-state index in [0.29, 0.717) is 12.1 Å². The van der Waals surface area contributed by atoms with Gasteiger partial charge in [0, 0.05) is 18.0 Å². The van der Waals surface area contributed by atoms with Gasteiger partial charge in [-0.05, 0) is 27.7 Å². The SMILES string of the molecule is CC(C)N(CC#N)C(=O)c1n[nH]c2c1C[C@H](C)O[C@@H]2C. The quantitative estimate of drug-likeness (QED) is 0.853. The lowest BCUT2D eigenvalue weighted by Gasteiger charge is -2.27. The average molecular weight is 276 g/mol. The molecule has 0 spiro atoms. The zero-order chi connectivity index (χ0) is 14.9. The molecule has 6 nitrogen and oxygen atoms in total. The Morgan fingerprint density at radius 2 is 2.30 bits per heavy atom. The van der Waals surface area contributed by atoms with Gasteiger partial charge in [0.05, 0.1) is 24.0 Å². The van der Waals surface area contributed by atoms with Gasteiger partial charge >= 0.3 is 0 Å². The topological polar surface area (TPSA) is 82.0 Å². The summed E-state index contributed by atoms with van der Waals surface area (Å²) in [5.74, 6) is -0.194. The molecule has 0 aromatic carbocycles. The first-order valence-electron chi connectivity index (χ1n) is 6.86. The summed E-state index contributed by atoms with van der Waals surface area (Å²) < 4.78 is 5.71. The molecule has 0 saturated heterocycles. The minimum absolute atomic E-state index is 0.0378. The van der Waals surface area contributed by atoms with Crippen LogP contribution in [0.3, 0.4) is 0 Å². The van der Waals surface area contributed by atoms with Crippen LogP contribution < -0.4 is 0 Å². The van der Waals surface area contributed by atoms with Crippen molar-refractivity contribution in [3.05, 3.63) is 17.0 Å². The van der Waals surface area contributed by atoms with Crippen molar-refractivity contribution in [2.45, 2.75) is 52.4 Å². The van der Waals surface area contributed by atoms with E-state index in [2.05, 4.69) is 10.2 Å². The summed E-state index contributed by atoms with van der Waals surface area (Å²) in [4.78, 5) is 14.1. The molecule has 0 unspecified atom stereocenters. The second kappa shape index (κ2) is 5.63. The summed E-state index contributed by atoms with van der Waals surface area (Å²) in [6.45, 7) is 7.78. The molecule has 2 rings (SSSR count). The molecule has 108 valence electrons. The van der Waals surface area contributed by atoms with Gasteiger partial charge in [0.15, 0.2) is 5.69 Å². The Morgan fingerprint density at radius 3 is 2.90 bits per heavy atom. The fourth-order valence-corrected chi connectivity index (χ4v) is 2.55. The highest BCUT2D eigenvalue weighted by molar-refractivity contribution is 5.94. The highest BCUT2D eigenvalue weighted by Crippen LogP contribution is 2.30. The van der Waals surface area contributed by atoms with Crippen molar-refractivity contribution in [1.82, 2.24) is 15.1 Å². The Bertz CT molecular complexity index is 544. The maximum Gasteiger partial charge on any atom is 0.275 e. The van der Waals surface area contributed by atoms with Crippen molar-refractivity contribution in [3.63, 3.8) is 0 Å². The molecule has 6 heteroatoms. The van der Waals surface area contributed by atoms with Crippen LogP contribution in [-0.4, -0.2) is 39.7 Å². The first kappa shape index (κ1) is 14.5. The Kier molecular flexibility index (Phi) is 4.09. The number of ether oxygens (including phenoxy) is 1. The van der Waals surface area contributed by atoms with Gasteiger partial charge in [-0.1, -0.05) is 0 Å². The summed E-state index contributed by atoms with van der Waals surface area (Å²) >= 11 is 0. The number of hydrogen-bond acceptors (Lipinski definition) is 4. The van der Waals surface area contributed by atoms with Crippen LogP contribution in [0.4, 0.5) is 0 Å². The van der Waals surface area contributed by atoms with Crippen LogP contribution in [-0.2, 0) is 11.2 Å². The third-order valence-corrected chi connectivity index (χ3v) is 3.56. The molecule has 1 aliphatic heterocycles. The fourth-order valence-electron chi connectivity index (χ4n) is 2.55. The number of fused-ring (bicyclic) bond motifs is 1. The summed E-state index contributed by atoms with van der Waals surface area (Å²) in [5.41, 5.74) is 2.21. The predicted octanol–water partition coefficient (Wildman–Crippen LogP) is 1.81. The van der Waals surface area contributed by atoms with Gasteiger partial charge in [-0.25, -0.2) is 0 Å². The molecule has 0 radical (unpaired) electrons. The maximum absolute atomic E-state index is 12.6. The van der Waals surface area contributed by atoms with E-state index in [1.807, 2.05) is 33.8 Å². The van der Waals surface area contributed by atoms with Crippen LogP contribution in [0.25, 0.3) is 0 Å². The van der Waals surface area contributed by atoms with Crippen LogP contribution in [0.1, 0.15) is 55.5 Å². The second-order valence-corrected chi connectivity index (χ2v) is 5.44. The summed E-state index contributed by atoms with van der Waals surface area (Å²) in [7, 11) is 0. The van der Waals surface area contributed by atoms with E-state index >= 15 is 0 Å². The van der Waals surface area contributed by atoms with E-state index in [-0.39, 0.29) is 30.7 Å². The number of carbonyl (C=O) groups excluding carboxylic acids is 1. The molecule has 1 N–H and O–H groups in total. The molecule has 2 atom stereocenters. The monoisotopic (exact) mass is 276 g/mol. The second-order valence-electron chi connectivity index (χ2n) is 5.44. The van der Waals surface area contributed by atoms with Gasteiger partial charge in [0.1, 0.15) is 6.54 Å². The lowest BCUT2D eigenvalue weighted by atomic mass is 9.99. The number of nitriles is 1. The van der Waals surface area contributed by atoms with E-state index in [4.69, 9.17) is 10.00 Å². The van der Waals surface area contributed by atoms with Crippen LogP contribution in [0.2, 0.25) is 0 Å². The molecular formula is C14H20N4O2. The minimum atomic E-state index is -0.194. The van der Waals surface area contributed by atoms with E-state index < -0.39 is 0 Å². The Morgan fingerprint density at radius 1 is 1.60 bits per heavy atom. The number of amides is 1. The van der Waals surface area contributed by atoms with E-state index in [1.54, 1.807) is 0 Å². The fraction of sp³-hybridized carbons (Fsp3) is 0.643. The Labute approximate surface area is 118 Å². The first-order chi connectivity index (χ1) is 9.45. The zero-order valence-corrected chi connectivity index (χ0v) is 12.3. The van der Waals surface area contributed by atoms with Gasteiger partial charge < -0.3 is 9.64 Å². The highest BCUT2D eigenvalue weighted by atomic mass is 16.5. The lowest BCUT2D eigenvalue weighted by molar-refractivity contribution is -0.00702. The van der Waals surface area contributed by atoms with Gasteiger partial charge in [-0.2, -0.15) is 10.4 Å². The van der Waals surface area contributed by atoms with Crippen LogP contribution >= 0.6 is 0 Å². The third-order valence-electron chi connectivity index (χ3n) is 3.56. The predicted molar refractivity (Wildman–Crippen MR) is 73.0 cm³/mol. The number of aromatic nitrogens is 2. The molecule has 0 aliphatic carbocycles. The third kappa shape index (κ3) is 2.54. The van der Waals surface area contributed by atoms with Gasteiger partial charge in [0.2, 0.25) is 0 Å². The Hall–Kier alpha value is -1.87. The van der Waals surface area contributed by atoms with E-state index in [0.717, 1.165) is 11.3 Å². The molecule has 1 aliphatic rings. The van der Waals surface area contributed by atoms with E-state index in [9.17, 15) is 4.79 Å². The molecule has 0 fully saturated rings. The maximum atomic E-state index is 12.6. The molecule has 1 aromatic rings. The zero-order valence-electron chi connectivity index (χ0n) is 12.3. The minimum Gasteiger partial charge on any atom is -0.369 e. The van der Waals surface area contributed by atoms with Crippen molar-refractivity contribution in [3.8, 4) is 6.07 Å². The highest BCUT2D eigenvalue weighted by Gasteiger charge is 2.31. The summed E-state index contributed by atoms with van der Waals surface area (Å²) in [6, 6.07) is 1.99. The molecule has 1 aromatic heterocycles. The summed E-state index contributed by atoms with van der Waals surface area (Å²) in [6.07, 6.45) is 0.631. The van der Waals surface area contributed by atoms with Crippen molar-refractivity contribution in [2.75, 3.05) is 6.54 Å². The molecule has 1 amide bonds. The smallest absolute Gasteiger partial charge is 0.275 e. The van der Waals surface area contributed by atoms with Gasteiger partial charge in [-0.3, -0.25) is 9.89 Å². The van der Waals surface area contributed by atoms with E-state index in [1.165, 1.54) is 4.90 Å². The first-order valence-corrected chi connectivity index (χ1v) is 6.86. The number of nitrogens with one attached hydrogen (secondary N) is 1. The molecule has 2 heterocycles. The van der Waals surface area contributed by atoms with Crippen molar-refractivity contribution in [2.24, 2.45) is 0 Å². The number of hydrogen-bond donors (Lipinski definition) is 1. The van der Waals surface area contributed by atoms with Crippen molar-refractivity contribution >= 4 is 5.91 Å². The van der Waals surface area contributed by atoms with Crippen LogP contribution in [0.5, 0.6) is 0 Å². The van der Waals surface area contributed by atoms with Crippen molar-refractivity contribution in [1.29, 1.82) is 5.26 Å². The number of H-pyrrole nitrogens is 1. The molecule has 0 bridgehead atoms. The Balaban J connectivity index is 2.34. The lowest BCUT2D eigenvalue weighted by Crippen LogP contribution is -2.38. The largest absolute Gasteiger partial charge is 0.369 e. The summed E-state index contributed by atoms with van der Waals surface area (Å²) in [5, 5.41) is 15.9. The van der Waals surface area contributed by atoms with Crippen LogP contribution in [0, 0.1) is 11.3 Å². The molecule has 20 heavy (non-hydrogen) atoms. The van der Waals surface area contributed by atoms with Crippen LogP contribution in [0.15, 0.2) is 0 Å². The van der Waals surface area contributed by atoms with Gasteiger partial charge in [0.25, 0.3) is 5.91 Å². The number of rotatable bonds is 3. The van der Waals surface area contributed by atoms with Crippen molar-refractivity contribution < 1.29 is 9.53 Å².